The summed E-state index contributed by atoms with van der Waals surface area (Å²) in [4.78, 5) is 0. The van der Waals surface area contributed by atoms with Crippen LogP contribution in [0.5, 0.6) is 0 Å². The highest BCUT2D eigenvalue weighted by Crippen LogP contribution is 2.68. The molecule has 66 valence electrons. The van der Waals surface area contributed by atoms with Crippen molar-refractivity contribution >= 4 is 95.6 Å². The highest BCUT2D eigenvalue weighted by atomic mass is 79.9. The molecule has 0 radical (unpaired) electrons. The number of hydrogen-bond donors (Lipinski definition) is 0. The lowest BCUT2D eigenvalue weighted by Gasteiger charge is -2.34. The van der Waals surface area contributed by atoms with Crippen molar-refractivity contribution in [2.45, 2.75) is 22.5 Å². The van der Waals surface area contributed by atoms with Crippen LogP contribution in [0.2, 0.25) is 0 Å². The Morgan fingerprint density at radius 2 is 0.909 bits per heavy atom. The minimum Gasteiger partial charge on any atom is -0.0701 e. The van der Waals surface area contributed by atoms with Crippen molar-refractivity contribution in [3.8, 4) is 0 Å². The van der Waals surface area contributed by atoms with Crippen LogP contribution in [-0.4, -0.2) is 9.70 Å². The van der Waals surface area contributed by atoms with Gasteiger partial charge in [0.2, 0.25) is 0 Å². The lowest BCUT2D eigenvalue weighted by atomic mass is 10.4. The highest BCUT2D eigenvalue weighted by Gasteiger charge is 2.62. The first-order chi connectivity index (χ1) is 4.71. The second-order valence-corrected chi connectivity index (χ2v) is 13.5. The Bertz CT molecular complexity index is 154. The quantitative estimate of drug-likeness (QED) is 0.367. The summed E-state index contributed by atoms with van der Waals surface area (Å²) in [7, 11) is 0. The van der Waals surface area contributed by atoms with Crippen LogP contribution < -0.4 is 0 Å². The molecule has 6 heteroatoms. The molecular formula is C5H4Br6. The van der Waals surface area contributed by atoms with E-state index in [1.54, 1.807) is 0 Å². The van der Waals surface area contributed by atoms with Gasteiger partial charge in [-0.3, -0.25) is 0 Å². The summed E-state index contributed by atoms with van der Waals surface area (Å²) in [6.45, 7) is 0. The third-order valence-electron chi connectivity index (χ3n) is 1.67. The summed E-state index contributed by atoms with van der Waals surface area (Å²) in [5.74, 6) is 0. The molecular weight excluding hydrogens is 539 g/mol. The van der Waals surface area contributed by atoms with Gasteiger partial charge in [0.15, 0.2) is 0 Å². The van der Waals surface area contributed by atoms with Gasteiger partial charge in [0.1, 0.15) is 9.70 Å². The van der Waals surface area contributed by atoms with Crippen LogP contribution in [0.15, 0.2) is 0 Å². The average molecular weight is 544 g/mol. The normalized spacial score (nSPS) is 32.2. The van der Waals surface area contributed by atoms with Gasteiger partial charge in [-0.1, -0.05) is 95.6 Å². The van der Waals surface area contributed by atoms with E-state index >= 15 is 0 Å². The third-order valence-corrected chi connectivity index (χ3v) is 12.6. The highest BCUT2D eigenvalue weighted by molar-refractivity contribution is 9.33. The van der Waals surface area contributed by atoms with E-state index in [1.165, 1.54) is 0 Å². The molecule has 11 heavy (non-hydrogen) atoms. The Labute approximate surface area is 116 Å². The second-order valence-electron chi connectivity index (χ2n) is 2.48. The molecule has 1 rings (SSSR count). The summed E-state index contributed by atoms with van der Waals surface area (Å²) >= 11 is 21.6. The molecule has 0 atom stereocenters. The summed E-state index contributed by atoms with van der Waals surface area (Å²) < 4.78 is -0.444. The first-order valence-electron chi connectivity index (χ1n) is 2.84. The van der Waals surface area contributed by atoms with Crippen LogP contribution in [0.25, 0.3) is 0 Å². The van der Waals surface area contributed by atoms with E-state index in [0.29, 0.717) is 0 Å². The molecule has 0 unspecified atom stereocenters. The SMILES string of the molecule is BrC1(Br)CCC(Br)(Br)C1(Br)Br. The van der Waals surface area contributed by atoms with Gasteiger partial charge in [-0.25, -0.2) is 0 Å². The Balaban J connectivity index is 3.00. The first-order valence-corrected chi connectivity index (χ1v) is 7.60. The molecule has 0 nitrogen and oxygen atoms in total. The third kappa shape index (κ3) is 1.96. The fourth-order valence-corrected chi connectivity index (χ4v) is 4.90. The van der Waals surface area contributed by atoms with E-state index < -0.39 is 0 Å². The summed E-state index contributed by atoms with van der Waals surface area (Å²) in [5.41, 5.74) is 0. The number of hydrogen-bond acceptors (Lipinski definition) is 0. The Hall–Kier alpha value is 2.88. The smallest absolute Gasteiger partial charge is 0.0701 e. The minimum atomic E-state index is -0.222. The summed E-state index contributed by atoms with van der Waals surface area (Å²) in [6, 6.07) is 0. The molecule has 1 fully saturated rings. The summed E-state index contributed by atoms with van der Waals surface area (Å²) in [6.07, 6.45) is 2.06. The zero-order chi connectivity index (χ0) is 8.91. The number of rotatable bonds is 0. The minimum absolute atomic E-state index is 0.111. The summed E-state index contributed by atoms with van der Waals surface area (Å²) in [5, 5.41) is 0. The molecule has 0 aliphatic heterocycles. The van der Waals surface area contributed by atoms with Crippen LogP contribution in [-0.2, 0) is 0 Å². The van der Waals surface area contributed by atoms with Crippen molar-refractivity contribution in [1.82, 2.24) is 0 Å². The fourth-order valence-electron chi connectivity index (χ4n) is 0.896. The lowest BCUT2D eigenvalue weighted by Crippen LogP contribution is -2.39. The lowest BCUT2D eigenvalue weighted by molar-refractivity contribution is 0.867. The first kappa shape index (κ1) is 12.0. The van der Waals surface area contributed by atoms with Crippen molar-refractivity contribution in [2.24, 2.45) is 0 Å². The topological polar surface area (TPSA) is 0 Å². The van der Waals surface area contributed by atoms with Gasteiger partial charge in [-0.05, 0) is 12.8 Å². The van der Waals surface area contributed by atoms with Gasteiger partial charge in [0.05, 0.1) is 0 Å². The average Bonchev–Trinajstić information content (AvgIpc) is 1.93. The predicted molar refractivity (Wildman–Crippen MR) is 71.0 cm³/mol. The van der Waals surface area contributed by atoms with Gasteiger partial charge in [-0.15, -0.1) is 0 Å². The van der Waals surface area contributed by atoms with E-state index in [9.17, 15) is 0 Å². The zero-order valence-corrected chi connectivity index (χ0v) is 14.7. The molecule has 0 heterocycles. The Morgan fingerprint density at radius 3 is 1.00 bits per heavy atom. The van der Waals surface area contributed by atoms with Gasteiger partial charge >= 0.3 is 0 Å². The predicted octanol–water partition coefficient (Wildman–Crippen LogP) is 5.24. The van der Waals surface area contributed by atoms with Crippen LogP contribution in [0, 0.1) is 0 Å². The van der Waals surface area contributed by atoms with Gasteiger partial charge in [0, 0.05) is 0 Å². The Morgan fingerprint density at radius 1 is 0.636 bits per heavy atom. The molecule has 0 spiro atoms. The van der Waals surface area contributed by atoms with Crippen LogP contribution in [0.3, 0.4) is 0 Å². The molecule has 0 aromatic carbocycles. The maximum absolute atomic E-state index is 3.61. The molecule has 0 N–H and O–H groups in total. The van der Waals surface area contributed by atoms with Gasteiger partial charge < -0.3 is 0 Å². The van der Waals surface area contributed by atoms with E-state index in [4.69, 9.17) is 0 Å². The van der Waals surface area contributed by atoms with Crippen molar-refractivity contribution < 1.29 is 0 Å². The maximum Gasteiger partial charge on any atom is 0.130 e. The van der Waals surface area contributed by atoms with Crippen molar-refractivity contribution in [3.05, 3.63) is 0 Å². The number of halogens is 6. The van der Waals surface area contributed by atoms with E-state index in [1.807, 2.05) is 0 Å². The second kappa shape index (κ2) is 3.47. The molecule has 0 aromatic heterocycles. The van der Waals surface area contributed by atoms with Gasteiger partial charge in [0.25, 0.3) is 0 Å². The molecule has 0 bridgehead atoms. The van der Waals surface area contributed by atoms with Crippen LogP contribution in [0.1, 0.15) is 12.8 Å². The monoisotopic (exact) mass is 538 g/mol. The zero-order valence-electron chi connectivity index (χ0n) is 5.18. The van der Waals surface area contributed by atoms with Crippen LogP contribution >= 0.6 is 95.6 Å². The Kier molecular flexibility index (Phi) is 3.77. The van der Waals surface area contributed by atoms with Gasteiger partial charge in [-0.2, -0.15) is 0 Å². The molecule has 1 saturated carbocycles. The van der Waals surface area contributed by atoms with E-state index in [2.05, 4.69) is 95.6 Å². The standard InChI is InChI=1S/C5H4Br6/c6-3(7)1-2-4(8,9)5(3,10)11/h1-2H2. The molecule has 0 saturated heterocycles. The molecule has 1 aliphatic carbocycles. The largest absolute Gasteiger partial charge is 0.130 e. The fraction of sp³-hybridized carbons (Fsp3) is 1.00. The van der Waals surface area contributed by atoms with Crippen molar-refractivity contribution in [2.75, 3.05) is 0 Å². The molecule has 1 aliphatic rings. The van der Waals surface area contributed by atoms with Crippen LogP contribution in [0.4, 0.5) is 0 Å². The molecule has 0 aromatic rings. The maximum atomic E-state index is 3.61. The van der Waals surface area contributed by atoms with Crippen molar-refractivity contribution in [1.29, 1.82) is 0 Å². The number of alkyl halides is 6. The molecule has 0 amide bonds. The van der Waals surface area contributed by atoms with E-state index in [0.717, 1.165) is 12.8 Å². The van der Waals surface area contributed by atoms with Crippen molar-refractivity contribution in [3.63, 3.8) is 0 Å². The van der Waals surface area contributed by atoms with E-state index in [-0.39, 0.29) is 9.70 Å².